The van der Waals surface area contributed by atoms with E-state index < -0.39 is 5.97 Å². The van der Waals surface area contributed by atoms with Gasteiger partial charge in [0, 0.05) is 24.4 Å². The number of aromatic nitrogens is 1. The first kappa shape index (κ1) is 12.6. The zero-order chi connectivity index (χ0) is 11.8. The summed E-state index contributed by atoms with van der Waals surface area (Å²) in [5.41, 5.74) is 0. The van der Waals surface area contributed by atoms with Gasteiger partial charge in [0.05, 0.1) is 6.54 Å². The molecule has 0 aliphatic carbocycles. The highest BCUT2D eigenvalue weighted by Crippen LogP contribution is 2.04. The Labute approximate surface area is 97.5 Å². The number of unbranched alkanes of at least 4 members (excludes halogenated alkanes) is 1. The van der Waals surface area contributed by atoms with E-state index in [1.165, 1.54) is 11.3 Å². The molecule has 1 rings (SSSR count). The molecule has 0 unspecified atom stereocenters. The molecule has 0 bridgehead atoms. The van der Waals surface area contributed by atoms with E-state index in [4.69, 9.17) is 5.11 Å². The lowest BCUT2D eigenvalue weighted by atomic mass is 10.2. The monoisotopic (exact) mass is 242 g/mol. The van der Waals surface area contributed by atoms with Crippen molar-refractivity contribution in [2.75, 3.05) is 0 Å². The van der Waals surface area contributed by atoms with E-state index in [-0.39, 0.29) is 12.3 Å². The van der Waals surface area contributed by atoms with Crippen LogP contribution in [0.25, 0.3) is 0 Å². The third kappa shape index (κ3) is 5.45. The van der Waals surface area contributed by atoms with Crippen LogP contribution >= 0.6 is 11.3 Å². The van der Waals surface area contributed by atoms with Crippen molar-refractivity contribution >= 4 is 23.2 Å². The van der Waals surface area contributed by atoms with Crippen LogP contribution in [-0.4, -0.2) is 22.0 Å². The van der Waals surface area contributed by atoms with Crippen LogP contribution in [0, 0.1) is 0 Å². The molecule has 1 aromatic heterocycles. The Hall–Kier alpha value is -1.43. The molecule has 1 amide bonds. The minimum Gasteiger partial charge on any atom is -0.481 e. The van der Waals surface area contributed by atoms with Gasteiger partial charge in [0.2, 0.25) is 5.91 Å². The Kier molecular flexibility index (Phi) is 5.49. The number of aliphatic carboxylic acids is 1. The summed E-state index contributed by atoms with van der Waals surface area (Å²) in [5.74, 6) is -0.871. The number of hydrogen-bond donors (Lipinski definition) is 2. The topological polar surface area (TPSA) is 79.3 Å². The van der Waals surface area contributed by atoms with Gasteiger partial charge in [-0.1, -0.05) is 0 Å². The summed E-state index contributed by atoms with van der Waals surface area (Å²) >= 11 is 1.49. The number of rotatable bonds is 7. The van der Waals surface area contributed by atoms with Crippen molar-refractivity contribution in [3.8, 4) is 0 Å². The lowest BCUT2D eigenvalue weighted by molar-refractivity contribution is -0.137. The average Bonchev–Trinajstić information content (AvgIpc) is 2.74. The average molecular weight is 242 g/mol. The van der Waals surface area contributed by atoms with Crippen LogP contribution in [0.15, 0.2) is 11.6 Å². The molecule has 0 saturated heterocycles. The van der Waals surface area contributed by atoms with Crippen molar-refractivity contribution < 1.29 is 14.7 Å². The fraction of sp³-hybridized carbons (Fsp3) is 0.500. The van der Waals surface area contributed by atoms with Crippen molar-refractivity contribution in [1.82, 2.24) is 10.3 Å². The van der Waals surface area contributed by atoms with Gasteiger partial charge >= 0.3 is 5.97 Å². The van der Waals surface area contributed by atoms with Gasteiger partial charge in [-0.15, -0.1) is 11.3 Å². The molecular weight excluding hydrogens is 228 g/mol. The van der Waals surface area contributed by atoms with Crippen LogP contribution in [0.4, 0.5) is 0 Å². The molecule has 1 heterocycles. The molecule has 88 valence electrons. The zero-order valence-corrected chi connectivity index (χ0v) is 9.63. The molecule has 0 aromatic carbocycles. The summed E-state index contributed by atoms with van der Waals surface area (Å²) in [5, 5.41) is 13.9. The molecule has 5 nitrogen and oxygen atoms in total. The number of carbonyl (C=O) groups excluding carboxylic acids is 1. The fourth-order valence-electron chi connectivity index (χ4n) is 1.16. The molecule has 0 aliphatic rings. The third-order valence-corrected chi connectivity index (χ3v) is 2.74. The van der Waals surface area contributed by atoms with E-state index in [1.807, 2.05) is 5.38 Å². The Morgan fingerprint density at radius 2 is 2.12 bits per heavy atom. The van der Waals surface area contributed by atoms with Crippen molar-refractivity contribution in [3.05, 3.63) is 16.6 Å². The Balaban J connectivity index is 2.05. The first-order valence-electron chi connectivity index (χ1n) is 5.05. The van der Waals surface area contributed by atoms with Gasteiger partial charge in [-0.3, -0.25) is 9.59 Å². The second-order valence-corrected chi connectivity index (χ2v) is 4.28. The maximum absolute atomic E-state index is 11.3. The molecule has 1 aromatic rings. The first-order valence-corrected chi connectivity index (χ1v) is 5.93. The largest absolute Gasteiger partial charge is 0.481 e. The predicted octanol–water partition coefficient (Wildman–Crippen LogP) is 1.40. The maximum Gasteiger partial charge on any atom is 0.303 e. The van der Waals surface area contributed by atoms with E-state index in [0.717, 1.165) is 5.01 Å². The second-order valence-electron chi connectivity index (χ2n) is 3.30. The van der Waals surface area contributed by atoms with Crippen LogP contribution < -0.4 is 5.32 Å². The minimum absolute atomic E-state index is 0.0550. The van der Waals surface area contributed by atoms with Crippen molar-refractivity contribution in [2.45, 2.75) is 32.2 Å². The van der Waals surface area contributed by atoms with E-state index in [0.29, 0.717) is 25.8 Å². The molecule has 6 heteroatoms. The summed E-state index contributed by atoms with van der Waals surface area (Å²) in [6.07, 6.45) is 3.34. The molecule has 16 heavy (non-hydrogen) atoms. The van der Waals surface area contributed by atoms with Gasteiger partial charge in [-0.2, -0.15) is 0 Å². The number of amides is 1. The van der Waals surface area contributed by atoms with E-state index >= 15 is 0 Å². The van der Waals surface area contributed by atoms with Gasteiger partial charge in [0.15, 0.2) is 0 Å². The maximum atomic E-state index is 11.3. The van der Waals surface area contributed by atoms with Crippen molar-refractivity contribution in [3.63, 3.8) is 0 Å². The van der Waals surface area contributed by atoms with Crippen LogP contribution in [0.1, 0.15) is 30.7 Å². The summed E-state index contributed by atoms with van der Waals surface area (Å²) in [6, 6.07) is 0. The SMILES string of the molecule is O=C(O)CCCCC(=O)NCc1nccs1. The molecule has 0 fully saturated rings. The number of nitrogens with one attached hydrogen (secondary N) is 1. The summed E-state index contributed by atoms with van der Waals surface area (Å²) in [6.45, 7) is 0.454. The number of carboxylic acids is 1. The number of carboxylic acid groups (broad SMARTS) is 1. The van der Waals surface area contributed by atoms with Crippen molar-refractivity contribution in [1.29, 1.82) is 0 Å². The third-order valence-electron chi connectivity index (χ3n) is 1.96. The first-order chi connectivity index (χ1) is 7.68. The highest BCUT2D eigenvalue weighted by molar-refractivity contribution is 7.09. The van der Waals surface area contributed by atoms with Gasteiger partial charge in [0.1, 0.15) is 5.01 Å². The predicted molar refractivity (Wildman–Crippen MR) is 60.1 cm³/mol. The highest BCUT2D eigenvalue weighted by Gasteiger charge is 2.03. The summed E-state index contributed by atoms with van der Waals surface area (Å²) in [7, 11) is 0. The van der Waals surface area contributed by atoms with Crippen LogP contribution in [0.3, 0.4) is 0 Å². The molecule has 0 saturated carbocycles. The highest BCUT2D eigenvalue weighted by atomic mass is 32.1. The van der Waals surface area contributed by atoms with Gasteiger partial charge < -0.3 is 10.4 Å². The standard InChI is InChI=1S/C10H14N2O3S/c13-8(3-1-2-4-10(14)15)12-7-9-11-5-6-16-9/h5-6H,1-4,7H2,(H,12,13)(H,14,15). The van der Waals surface area contributed by atoms with Crippen LogP contribution in [0.5, 0.6) is 0 Å². The van der Waals surface area contributed by atoms with Gasteiger partial charge in [-0.05, 0) is 12.8 Å². The number of nitrogens with zero attached hydrogens (tertiary/aromatic N) is 1. The molecule has 2 N–H and O–H groups in total. The van der Waals surface area contributed by atoms with E-state index in [2.05, 4.69) is 10.3 Å². The molecule has 0 aliphatic heterocycles. The smallest absolute Gasteiger partial charge is 0.303 e. The molecule has 0 spiro atoms. The van der Waals surface area contributed by atoms with Gasteiger partial charge in [0.25, 0.3) is 0 Å². The minimum atomic E-state index is -0.816. The molecular formula is C10H14N2O3S. The van der Waals surface area contributed by atoms with E-state index in [9.17, 15) is 9.59 Å². The summed E-state index contributed by atoms with van der Waals surface area (Å²) < 4.78 is 0. The molecule has 0 atom stereocenters. The van der Waals surface area contributed by atoms with Crippen LogP contribution in [-0.2, 0) is 16.1 Å². The van der Waals surface area contributed by atoms with Crippen molar-refractivity contribution in [2.24, 2.45) is 0 Å². The fourth-order valence-corrected chi connectivity index (χ4v) is 1.72. The lowest BCUT2D eigenvalue weighted by Gasteiger charge is -2.02. The Morgan fingerprint density at radius 3 is 2.75 bits per heavy atom. The zero-order valence-electron chi connectivity index (χ0n) is 8.81. The number of hydrogen-bond acceptors (Lipinski definition) is 4. The molecule has 0 radical (unpaired) electrons. The van der Waals surface area contributed by atoms with Gasteiger partial charge in [-0.25, -0.2) is 4.98 Å². The van der Waals surface area contributed by atoms with Crippen LogP contribution in [0.2, 0.25) is 0 Å². The summed E-state index contributed by atoms with van der Waals surface area (Å²) in [4.78, 5) is 25.6. The number of carbonyl (C=O) groups is 2. The normalized spacial score (nSPS) is 10.0. The Morgan fingerprint density at radius 1 is 1.38 bits per heavy atom. The van der Waals surface area contributed by atoms with E-state index in [1.54, 1.807) is 6.20 Å². The quantitative estimate of drug-likeness (QED) is 0.708. The number of thiazole rings is 1. The second kappa shape index (κ2) is 6.95. The lowest BCUT2D eigenvalue weighted by Crippen LogP contribution is -2.22. The Bertz CT molecular complexity index is 338.